The molecule has 84 valence electrons. The fraction of sp³-hybridized carbons (Fsp3) is 0.538. The van der Waals surface area contributed by atoms with Gasteiger partial charge in [-0.15, -0.1) is 11.6 Å². The smallest absolute Gasteiger partial charge is 0.126 e. The van der Waals surface area contributed by atoms with Crippen LogP contribution in [0.3, 0.4) is 0 Å². The average molecular weight is 229 g/mol. The molecule has 0 aliphatic rings. The number of benzene rings is 1. The quantitative estimate of drug-likeness (QED) is 0.676. The van der Waals surface area contributed by atoms with E-state index in [0.29, 0.717) is 18.2 Å². The first-order chi connectivity index (χ1) is 6.99. The molecular weight excluding hydrogens is 211 g/mol. The van der Waals surface area contributed by atoms with Gasteiger partial charge in [-0.2, -0.15) is 0 Å². The van der Waals surface area contributed by atoms with Crippen molar-refractivity contribution in [1.82, 2.24) is 0 Å². The molecule has 1 aromatic carbocycles. The SMILES string of the molecule is CC(C)C(C)(CCl)Cc1ccccc1F. The zero-order valence-corrected chi connectivity index (χ0v) is 10.3. The van der Waals surface area contributed by atoms with E-state index in [1.165, 1.54) is 6.07 Å². The molecule has 2 heteroatoms. The largest absolute Gasteiger partial charge is 0.207 e. The first-order valence-electron chi connectivity index (χ1n) is 5.29. The summed E-state index contributed by atoms with van der Waals surface area (Å²) in [4.78, 5) is 0. The molecule has 1 unspecified atom stereocenters. The van der Waals surface area contributed by atoms with Crippen LogP contribution in [0.4, 0.5) is 4.39 Å². The molecule has 0 aliphatic carbocycles. The van der Waals surface area contributed by atoms with Crippen molar-refractivity contribution in [3.05, 3.63) is 35.6 Å². The van der Waals surface area contributed by atoms with Crippen LogP contribution in [-0.2, 0) is 6.42 Å². The Bertz CT molecular complexity index is 322. The van der Waals surface area contributed by atoms with E-state index >= 15 is 0 Å². The second-order valence-electron chi connectivity index (χ2n) is 4.71. The van der Waals surface area contributed by atoms with E-state index in [9.17, 15) is 4.39 Å². The van der Waals surface area contributed by atoms with E-state index in [2.05, 4.69) is 20.8 Å². The van der Waals surface area contributed by atoms with E-state index in [-0.39, 0.29) is 11.2 Å². The summed E-state index contributed by atoms with van der Waals surface area (Å²) in [5.74, 6) is 0.864. The summed E-state index contributed by atoms with van der Waals surface area (Å²) in [6.45, 7) is 6.36. The van der Waals surface area contributed by atoms with Crippen LogP contribution < -0.4 is 0 Å². The molecule has 0 spiro atoms. The van der Waals surface area contributed by atoms with Crippen LogP contribution in [0.1, 0.15) is 26.3 Å². The molecule has 0 saturated heterocycles. The number of halogens is 2. The van der Waals surface area contributed by atoms with Crippen LogP contribution in [0.25, 0.3) is 0 Å². The van der Waals surface area contributed by atoms with Crippen LogP contribution in [0.5, 0.6) is 0 Å². The normalized spacial score (nSPS) is 15.3. The molecule has 0 bridgehead atoms. The Hall–Kier alpha value is -0.560. The first-order valence-corrected chi connectivity index (χ1v) is 5.82. The minimum Gasteiger partial charge on any atom is -0.207 e. The maximum Gasteiger partial charge on any atom is 0.126 e. The minimum atomic E-state index is -0.130. The van der Waals surface area contributed by atoms with Gasteiger partial charge in [0.05, 0.1) is 0 Å². The number of hydrogen-bond acceptors (Lipinski definition) is 0. The minimum absolute atomic E-state index is 0.0379. The molecule has 0 N–H and O–H groups in total. The summed E-state index contributed by atoms with van der Waals surface area (Å²) in [7, 11) is 0. The summed E-state index contributed by atoms with van der Waals surface area (Å²) in [6.07, 6.45) is 0.695. The van der Waals surface area contributed by atoms with Gasteiger partial charge in [0.25, 0.3) is 0 Å². The van der Waals surface area contributed by atoms with Crippen molar-refractivity contribution >= 4 is 11.6 Å². The van der Waals surface area contributed by atoms with Gasteiger partial charge < -0.3 is 0 Å². The lowest BCUT2D eigenvalue weighted by atomic mass is 9.76. The average Bonchev–Trinajstić information content (AvgIpc) is 2.21. The molecule has 0 radical (unpaired) electrons. The van der Waals surface area contributed by atoms with E-state index in [1.807, 2.05) is 12.1 Å². The van der Waals surface area contributed by atoms with Crippen LogP contribution in [0.15, 0.2) is 24.3 Å². The molecule has 0 aliphatic heterocycles. The van der Waals surface area contributed by atoms with E-state index < -0.39 is 0 Å². The standard InChI is InChI=1S/C13H18ClF/c1-10(2)13(3,9-14)8-11-6-4-5-7-12(11)15/h4-7,10H,8-9H2,1-3H3. The third kappa shape index (κ3) is 2.94. The Morgan fingerprint density at radius 3 is 2.40 bits per heavy atom. The summed E-state index contributed by atoms with van der Waals surface area (Å²) in [5.41, 5.74) is 0.721. The molecule has 0 nitrogen and oxygen atoms in total. The lowest BCUT2D eigenvalue weighted by molar-refractivity contribution is 0.250. The lowest BCUT2D eigenvalue weighted by Gasteiger charge is -2.31. The molecule has 0 amide bonds. The number of hydrogen-bond donors (Lipinski definition) is 0. The summed E-state index contributed by atoms with van der Waals surface area (Å²) in [6, 6.07) is 6.92. The highest BCUT2D eigenvalue weighted by atomic mass is 35.5. The molecule has 1 aromatic rings. The van der Waals surface area contributed by atoms with Crippen molar-refractivity contribution in [1.29, 1.82) is 0 Å². The van der Waals surface area contributed by atoms with Gasteiger partial charge in [0, 0.05) is 5.88 Å². The van der Waals surface area contributed by atoms with Gasteiger partial charge in [-0.25, -0.2) is 4.39 Å². The highest BCUT2D eigenvalue weighted by Gasteiger charge is 2.28. The van der Waals surface area contributed by atoms with E-state index in [0.717, 1.165) is 5.56 Å². The van der Waals surface area contributed by atoms with E-state index in [1.54, 1.807) is 6.07 Å². The van der Waals surface area contributed by atoms with Crippen LogP contribution >= 0.6 is 11.6 Å². The third-order valence-corrected chi connectivity index (χ3v) is 3.86. The lowest BCUT2D eigenvalue weighted by Crippen LogP contribution is -2.28. The second-order valence-corrected chi connectivity index (χ2v) is 4.98. The first kappa shape index (κ1) is 12.5. The molecule has 0 heterocycles. The highest BCUT2D eigenvalue weighted by Crippen LogP contribution is 2.33. The van der Waals surface area contributed by atoms with Crippen molar-refractivity contribution < 1.29 is 4.39 Å². The van der Waals surface area contributed by atoms with Gasteiger partial charge in [-0.1, -0.05) is 39.0 Å². The summed E-state index contributed by atoms with van der Waals surface area (Å²) >= 11 is 5.98. The predicted molar refractivity (Wildman–Crippen MR) is 63.8 cm³/mol. The second kappa shape index (κ2) is 4.98. The Balaban J connectivity index is 2.89. The third-order valence-electron chi connectivity index (χ3n) is 3.25. The van der Waals surface area contributed by atoms with Crippen molar-refractivity contribution in [3.63, 3.8) is 0 Å². The Kier molecular flexibility index (Phi) is 4.15. The summed E-state index contributed by atoms with van der Waals surface area (Å²) in [5, 5.41) is 0. The molecule has 0 saturated carbocycles. The van der Waals surface area contributed by atoms with Crippen molar-refractivity contribution in [2.75, 3.05) is 5.88 Å². The van der Waals surface area contributed by atoms with Crippen molar-refractivity contribution in [2.24, 2.45) is 11.3 Å². The molecule has 15 heavy (non-hydrogen) atoms. The maximum atomic E-state index is 13.5. The van der Waals surface area contributed by atoms with Crippen LogP contribution in [-0.4, -0.2) is 5.88 Å². The molecule has 1 atom stereocenters. The highest BCUT2D eigenvalue weighted by molar-refractivity contribution is 6.18. The van der Waals surface area contributed by atoms with Gasteiger partial charge in [-0.05, 0) is 29.4 Å². The molecule has 0 aromatic heterocycles. The van der Waals surface area contributed by atoms with Crippen molar-refractivity contribution in [3.8, 4) is 0 Å². The Morgan fingerprint density at radius 2 is 1.93 bits per heavy atom. The zero-order valence-electron chi connectivity index (χ0n) is 9.56. The predicted octanol–water partition coefficient (Wildman–Crippen LogP) is 4.27. The Labute approximate surface area is 96.5 Å². The maximum absolute atomic E-state index is 13.5. The van der Waals surface area contributed by atoms with Crippen molar-refractivity contribution in [2.45, 2.75) is 27.2 Å². The molecule has 1 rings (SSSR count). The van der Waals surface area contributed by atoms with Gasteiger partial charge >= 0.3 is 0 Å². The van der Waals surface area contributed by atoms with Gasteiger partial charge in [0.15, 0.2) is 0 Å². The van der Waals surface area contributed by atoms with Crippen LogP contribution in [0.2, 0.25) is 0 Å². The topological polar surface area (TPSA) is 0 Å². The molecule has 0 fully saturated rings. The fourth-order valence-corrected chi connectivity index (χ4v) is 1.89. The van der Waals surface area contributed by atoms with Gasteiger partial charge in [0.2, 0.25) is 0 Å². The monoisotopic (exact) mass is 228 g/mol. The summed E-state index contributed by atoms with van der Waals surface area (Å²) < 4.78 is 13.5. The molecular formula is C13H18ClF. The van der Waals surface area contributed by atoms with Gasteiger partial charge in [0.1, 0.15) is 5.82 Å². The Morgan fingerprint density at radius 1 is 1.33 bits per heavy atom. The zero-order chi connectivity index (χ0) is 11.5. The van der Waals surface area contributed by atoms with Gasteiger partial charge in [-0.3, -0.25) is 0 Å². The fourth-order valence-electron chi connectivity index (χ4n) is 1.48. The van der Waals surface area contributed by atoms with E-state index in [4.69, 9.17) is 11.6 Å². The number of rotatable bonds is 4. The van der Waals surface area contributed by atoms with Crippen LogP contribution in [0, 0.1) is 17.2 Å². The number of alkyl halides is 1.